The van der Waals surface area contributed by atoms with Crippen LogP contribution in [0.5, 0.6) is 11.5 Å². The van der Waals surface area contributed by atoms with Gasteiger partial charge in [-0.15, -0.1) is 0 Å². The fraction of sp³-hybridized carbons (Fsp3) is 0.200. The molecule has 15 heavy (non-hydrogen) atoms. The van der Waals surface area contributed by atoms with Gasteiger partial charge in [0.25, 0.3) is 0 Å². The van der Waals surface area contributed by atoms with Gasteiger partial charge in [-0.2, -0.15) is 0 Å². The molecule has 1 aromatic rings. The topological polar surface area (TPSA) is 89.2 Å². The molecule has 5 heteroatoms. The SMILES string of the molecule is [N-]=[N+]=NCCC=Cc1ccc(O)cc1O. The zero-order valence-corrected chi connectivity index (χ0v) is 8.04. The molecule has 0 aliphatic heterocycles. The molecule has 1 rings (SSSR count). The average molecular weight is 205 g/mol. The van der Waals surface area contributed by atoms with E-state index in [1.807, 2.05) is 0 Å². The Labute approximate surface area is 86.9 Å². The molecule has 0 spiro atoms. The van der Waals surface area contributed by atoms with Crippen molar-refractivity contribution >= 4 is 6.08 Å². The second kappa shape index (κ2) is 5.57. The monoisotopic (exact) mass is 205 g/mol. The van der Waals surface area contributed by atoms with Gasteiger partial charge in [-0.25, -0.2) is 0 Å². The molecule has 0 amide bonds. The van der Waals surface area contributed by atoms with Crippen molar-refractivity contribution in [3.8, 4) is 11.5 Å². The van der Waals surface area contributed by atoms with Crippen molar-refractivity contribution in [1.82, 2.24) is 0 Å². The maximum absolute atomic E-state index is 9.40. The highest BCUT2D eigenvalue weighted by Crippen LogP contribution is 2.23. The second-order valence-electron chi connectivity index (χ2n) is 2.89. The van der Waals surface area contributed by atoms with Gasteiger partial charge in [0, 0.05) is 23.1 Å². The van der Waals surface area contributed by atoms with Crippen LogP contribution in [0, 0.1) is 0 Å². The fourth-order valence-corrected chi connectivity index (χ4v) is 1.06. The van der Waals surface area contributed by atoms with Crippen molar-refractivity contribution in [2.24, 2.45) is 5.11 Å². The minimum atomic E-state index is 0.0232. The smallest absolute Gasteiger partial charge is 0.126 e. The number of phenols is 2. The maximum atomic E-state index is 9.40. The van der Waals surface area contributed by atoms with Crippen LogP contribution in [-0.2, 0) is 0 Å². The van der Waals surface area contributed by atoms with Crippen molar-refractivity contribution in [3.63, 3.8) is 0 Å². The highest BCUT2D eigenvalue weighted by molar-refractivity contribution is 5.58. The van der Waals surface area contributed by atoms with Crippen LogP contribution in [0.25, 0.3) is 16.5 Å². The summed E-state index contributed by atoms with van der Waals surface area (Å²) in [5, 5.41) is 21.8. The molecule has 78 valence electrons. The number of nitrogens with zero attached hydrogens (tertiary/aromatic N) is 3. The Morgan fingerprint density at radius 3 is 2.87 bits per heavy atom. The molecule has 0 radical (unpaired) electrons. The quantitative estimate of drug-likeness (QED) is 0.342. The van der Waals surface area contributed by atoms with Gasteiger partial charge in [-0.1, -0.05) is 17.3 Å². The van der Waals surface area contributed by atoms with E-state index in [9.17, 15) is 5.11 Å². The van der Waals surface area contributed by atoms with Crippen LogP contribution in [0.4, 0.5) is 0 Å². The lowest BCUT2D eigenvalue weighted by atomic mass is 10.1. The summed E-state index contributed by atoms with van der Waals surface area (Å²) in [6.45, 7) is 0.395. The summed E-state index contributed by atoms with van der Waals surface area (Å²) in [5.74, 6) is 0.0498. The van der Waals surface area contributed by atoms with E-state index in [1.54, 1.807) is 18.2 Å². The number of rotatable bonds is 4. The molecular weight excluding hydrogens is 194 g/mol. The first-order chi connectivity index (χ1) is 7.24. The maximum Gasteiger partial charge on any atom is 0.126 e. The second-order valence-corrected chi connectivity index (χ2v) is 2.89. The Hall–Kier alpha value is -2.13. The summed E-state index contributed by atoms with van der Waals surface area (Å²) in [5.41, 5.74) is 8.64. The number of hydrogen-bond acceptors (Lipinski definition) is 3. The molecule has 0 aromatic heterocycles. The number of aromatic hydroxyl groups is 2. The first-order valence-corrected chi connectivity index (χ1v) is 4.43. The van der Waals surface area contributed by atoms with Gasteiger partial charge in [0.1, 0.15) is 11.5 Å². The number of hydrogen-bond donors (Lipinski definition) is 2. The molecule has 0 bridgehead atoms. The van der Waals surface area contributed by atoms with Crippen molar-refractivity contribution in [3.05, 3.63) is 40.3 Å². The van der Waals surface area contributed by atoms with Gasteiger partial charge in [-0.3, -0.25) is 0 Å². The lowest BCUT2D eigenvalue weighted by Crippen LogP contribution is -1.76. The molecule has 1 aromatic carbocycles. The van der Waals surface area contributed by atoms with E-state index in [0.717, 1.165) is 0 Å². The van der Waals surface area contributed by atoms with Crippen LogP contribution in [-0.4, -0.2) is 16.8 Å². The molecule has 2 N–H and O–H groups in total. The Bertz CT molecular complexity index is 409. The van der Waals surface area contributed by atoms with Crippen LogP contribution >= 0.6 is 0 Å². The van der Waals surface area contributed by atoms with Gasteiger partial charge in [0.05, 0.1) is 0 Å². The first-order valence-electron chi connectivity index (χ1n) is 4.43. The van der Waals surface area contributed by atoms with Crippen molar-refractivity contribution in [2.45, 2.75) is 6.42 Å². The Kier molecular flexibility index (Phi) is 4.06. The highest BCUT2D eigenvalue weighted by atomic mass is 16.3. The van der Waals surface area contributed by atoms with E-state index in [4.69, 9.17) is 10.6 Å². The Morgan fingerprint density at radius 2 is 2.20 bits per heavy atom. The van der Waals surface area contributed by atoms with Crippen molar-refractivity contribution < 1.29 is 10.2 Å². The predicted molar refractivity (Wildman–Crippen MR) is 57.4 cm³/mol. The van der Waals surface area contributed by atoms with Crippen molar-refractivity contribution in [1.29, 1.82) is 0 Å². The lowest BCUT2D eigenvalue weighted by molar-refractivity contribution is 0.450. The minimum absolute atomic E-state index is 0.0232. The lowest BCUT2D eigenvalue weighted by Gasteiger charge is -1.98. The Morgan fingerprint density at radius 1 is 1.40 bits per heavy atom. The average Bonchev–Trinajstić information content (AvgIpc) is 2.20. The van der Waals surface area contributed by atoms with Crippen LogP contribution in [0.3, 0.4) is 0 Å². The molecule has 5 nitrogen and oxygen atoms in total. The van der Waals surface area contributed by atoms with Gasteiger partial charge in [0.2, 0.25) is 0 Å². The zero-order chi connectivity index (χ0) is 11.1. The molecule has 0 heterocycles. The molecule has 0 unspecified atom stereocenters. The van der Waals surface area contributed by atoms with Gasteiger partial charge < -0.3 is 10.2 Å². The van der Waals surface area contributed by atoms with Crippen molar-refractivity contribution in [2.75, 3.05) is 6.54 Å². The van der Waals surface area contributed by atoms with Gasteiger partial charge >= 0.3 is 0 Å². The van der Waals surface area contributed by atoms with E-state index in [-0.39, 0.29) is 11.5 Å². The molecular formula is C10H11N3O2. The normalized spacial score (nSPS) is 10.1. The van der Waals surface area contributed by atoms with Crippen LogP contribution in [0.2, 0.25) is 0 Å². The predicted octanol–water partition coefficient (Wildman–Crippen LogP) is 2.81. The fourth-order valence-electron chi connectivity index (χ4n) is 1.06. The first kappa shape index (κ1) is 10.9. The molecule has 0 aliphatic rings. The van der Waals surface area contributed by atoms with E-state index in [2.05, 4.69) is 10.0 Å². The third-order valence-electron chi connectivity index (χ3n) is 1.77. The van der Waals surface area contributed by atoms with Gasteiger partial charge in [0.15, 0.2) is 0 Å². The third-order valence-corrected chi connectivity index (χ3v) is 1.77. The van der Waals surface area contributed by atoms with Crippen LogP contribution < -0.4 is 0 Å². The van der Waals surface area contributed by atoms with Crippen LogP contribution in [0.15, 0.2) is 29.4 Å². The standard InChI is InChI=1S/C10H11N3O2/c11-13-12-6-2-1-3-8-4-5-9(14)7-10(8)15/h1,3-5,7,14-15H,2,6H2. The van der Waals surface area contributed by atoms with Gasteiger partial charge in [-0.05, 0) is 24.1 Å². The summed E-state index contributed by atoms with van der Waals surface area (Å²) >= 11 is 0. The molecule has 0 fully saturated rings. The molecule has 0 saturated carbocycles. The summed E-state index contributed by atoms with van der Waals surface area (Å²) < 4.78 is 0. The van der Waals surface area contributed by atoms with E-state index < -0.39 is 0 Å². The zero-order valence-electron chi connectivity index (χ0n) is 8.04. The van der Waals surface area contributed by atoms with Crippen LogP contribution in [0.1, 0.15) is 12.0 Å². The van der Waals surface area contributed by atoms with E-state index >= 15 is 0 Å². The highest BCUT2D eigenvalue weighted by Gasteiger charge is 1.97. The minimum Gasteiger partial charge on any atom is -0.508 e. The van der Waals surface area contributed by atoms with E-state index in [0.29, 0.717) is 18.5 Å². The number of phenolic OH excluding ortho intramolecular Hbond substituents is 2. The summed E-state index contributed by atoms with van der Waals surface area (Å²) in [7, 11) is 0. The Balaban J connectivity index is 2.60. The number of azide groups is 1. The summed E-state index contributed by atoms with van der Waals surface area (Å²) in [6.07, 6.45) is 4.12. The largest absolute Gasteiger partial charge is 0.508 e. The third kappa shape index (κ3) is 3.62. The summed E-state index contributed by atoms with van der Waals surface area (Å²) in [4.78, 5) is 2.62. The molecule has 0 atom stereocenters. The number of benzene rings is 1. The molecule has 0 aliphatic carbocycles. The van der Waals surface area contributed by atoms with E-state index in [1.165, 1.54) is 12.1 Å². The summed E-state index contributed by atoms with van der Waals surface area (Å²) in [6, 6.07) is 4.37. The molecule has 0 saturated heterocycles.